The molecule has 0 amide bonds. The van der Waals surface area contributed by atoms with Crippen molar-refractivity contribution in [2.75, 3.05) is 19.0 Å². The molecule has 0 radical (unpaired) electrons. The minimum absolute atomic E-state index is 0.00314. The Morgan fingerprint density at radius 3 is 2.81 bits per heavy atom. The highest BCUT2D eigenvalue weighted by Gasteiger charge is 2.28. The van der Waals surface area contributed by atoms with Gasteiger partial charge in [0.25, 0.3) is 0 Å². The second-order valence-corrected chi connectivity index (χ2v) is 4.14. The molecule has 0 N–H and O–H groups in total. The standard InChI is InChI=1S/C11H17BrO4/c1-3-15-10(13)6-8-4-5-9(7-12)16-11(8)14-2/h4-5,8-9,11H,3,6-7H2,1-2H3/t8-,9+,11+/m1/s1. The molecule has 0 saturated carbocycles. The van der Waals surface area contributed by atoms with E-state index in [0.29, 0.717) is 6.61 Å². The average molecular weight is 293 g/mol. The zero-order valence-corrected chi connectivity index (χ0v) is 11.1. The van der Waals surface area contributed by atoms with Gasteiger partial charge < -0.3 is 14.2 Å². The van der Waals surface area contributed by atoms with E-state index in [0.717, 1.165) is 5.33 Å². The van der Waals surface area contributed by atoms with Crippen molar-refractivity contribution < 1.29 is 19.0 Å². The first-order valence-corrected chi connectivity index (χ1v) is 6.41. The summed E-state index contributed by atoms with van der Waals surface area (Å²) >= 11 is 3.34. The van der Waals surface area contributed by atoms with Gasteiger partial charge in [0.2, 0.25) is 0 Å². The first kappa shape index (κ1) is 13.7. The molecule has 5 heteroatoms. The van der Waals surface area contributed by atoms with Gasteiger partial charge in [0.15, 0.2) is 6.29 Å². The summed E-state index contributed by atoms with van der Waals surface area (Å²) in [6.07, 6.45) is 3.81. The largest absolute Gasteiger partial charge is 0.466 e. The molecule has 0 unspecified atom stereocenters. The van der Waals surface area contributed by atoms with Crippen LogP contribution in [-0.2, 0) is 19.0 Å². The number of carbonyl (C=O) groups is 1. The fourth-order valence-corrected chi connectivity index (χ4v) is 1.94. The van der Waals surface area contributed by atoms with Crippen molar-refractivity contribution in [1.82, 2.24) is 0 Å². The Labute approximate surface area is 104 Å². The van der Waals surface area contributed by atoms with E-state index in [2.05, 4.69) is 15.9 Å². The topological polar surface area (TPSA) is 44.8 Å². The summed E-state index contributed by atoms with van der Waals surface area (Å²) in [5, 5.41) is 0.718. The van der Waals surface area contributed by atoms with Crippen molar-refractivity contribution in [3.63, 3.8) is 0 Å². The number of methoxy groups -OCH3 is 1. The average Bonchev–Trinajstić information content (AvgIpc) is 2.30. The van der Waals surface area contributed by atoms with Crippen LogP contribution in [0.5, 0.6) is 0 Å². The molecular weight excluding hydrogens is 276 g/mol. The van der Waals surface area contributed by atoms with Crippen molar-refractivity contribution >= 4 is 21.9 Å². The van der Waals surface area contributed by atoms with Crippen LogP contribution in [0.15, 0.2) is 12.2 Å². The summed E-state index contributed by atoms with van der Waals surface area (Å²) in [4.78, 5) is 11.3. The monoisotopic (exact) mass is 292 g/mol. The van der Waals surface area contributed by atoms with Crippen molar-refractivity contribution in [3.05, 3.63) is 12.2 Å². The number of alkyl halides is 1. The lowest BCUT2D eigenvalue weighted by Crippen LogP contribution is -2.35. The smallest absolute Gasteiger partial charge is 0.306 e. The quantitative estimate of drug-likeness (QED) is 0.441. The van der Waals surface area contributed by atoms with Crippen LogP contribution in [0.1, 0.15) is 13.3 Å². The first-order valence-electron chi connectivity index (χ1n) is 5.29. The molecule has 0 spiro atoms. The van der Waals surface area contributed by atoms with E-state index >= 15 is 0 Å². The van der Waals surface area contributed by atoms with Crippen molar-refractivity contribution in [2.24, 2.45) is 5.92 Å². The maximum Gasteiger partial charge on any atom is 0.306 e. The van der Waals surface area contributed by atoms with Crippen LogP contribution in [0.3, 0.4) is 0 Å². The van der Waals surface area contributed by atoms with Gasteiger partial charge in [-0.25, -0.2) is 0 Å². The Morgan fingerprint density at radius 1 is 1.50 bits per heavy atom. The minimum Gasteiger partial charge on any atom is -0.466 e. The Balaban J connectivity index is 2.54. The van der Waals surface area contributed by atoms with E-state index in [4.69, 9.17) is 14.2 Å². The number of hydrogen-bond acceptors (Lipinski definition) is 4. The molecule has 3 atom stereocenters. The lowest BCUT2D eigenvalue weighted by molar-refractivity contribution is -0.174. The van der Waals surface area contributed by atoms with Gasteiger partial charge in [0.05, 0.1) is 19.1 Å². The molecule has 1 aliphatic rings. The number of esters is 1. The molecule has 1 heterocycles. The maximum absolute atomic E-state index is 11.3. The summed E-state index contributed by atoms with van der Waals surface area (Å²) in [6.45, 7) is 2.19. The molecule has 1 aliphatic heterocycles. The molecule has 0 saturated heterocycles. The zero-order chi connectivity index (χ0) is 12.0. The lowest BCUT2D eigenvalue weighted by atomic mass is 10.0. The Bertz CT molecular complexity index is 254. The van der Waals surface area contributed by atoms with Crippen LogP contribution >= 0.6 is 15.9 Å². The molecule has 1 rings (SSSR count). The summed E-state index contributed by atoms with van der Waals surface area (Å²) < 4.78 is 15.7. The predicted molar refractivity (Wildman–Crippen MR) is 63.3 cm³/mol. The number of halogens is 1. The third-order valence-electron chi connectivity index (χ3n) is 2.32. The third kappa shape index (κ3) is 3.88. The van der Waals surface area contributed by atoms with Gasteiger partial charge >= 0.3 is 5.97 Å². The highest BCUT2D eigenvalue weighted by Crippen LogP contribution is 2.23. The fourth-order valence-electron chi connectivity index (χ4n) is 1.57. The summed E-state index contributed by atoms with van der Waals surface area (Å²) in [5.74, 6) is -0.292. The van der Waals surface area contributed by atoms with Crippen LogP contribution in [-0.4, -0.2) is 37.4 Å². The fraction of sp³-hybridized carbons (Fsp3) is 0.727. The molecule has 92 valence electrons. The summed E-state index contributed by atoms with van der Waals surface area (Å²) in [7, 11) is 1.58. The second kappa shape index (κ2) is 7.04. The van der Waals surface area contributed by atoms with Crippen LogP contribution in [0.25, 0.3) is 0 Å². The molecule has 0 fully saturated rings. The van der Waals surface area contributed by atoms with Crippen LogP contribution in [0, 0.1) is 5.92 Å². The number of hydrogen-bond donors (Lipinski definition) is 0. The molecule has 4 nitrogen and oxygen atoms in total. The molecule has 0 aliphatic carbocycles. The summed E-state index contributed by atoms with van der Waals surface area (Å²) in [5.41, 5.74) is 0. The highest BCUT2D eigenvalue weighted by atomic mass is 79.9. The molecular formula is C11H17BrO4. The van der Waals surface area contributed by atoms with Gasteiger partial charge in [-0.05, 0) is 6.92 Å². The van der Waals surface area contributed by atoms with E-state index in [-0.39, 0.29) is 30.7 Å². The van der Waals surface area contributed by atoms with Crippen LogP contribution in [0.2, 0.25) is 0 Å². The molecule has 16 heavy (non-hydrogen) atoms. The van der Waals surface area contributed by atoms with E-state index in [1.54, 1.807) is 14.0 Å². The third-order valence-corrected chi connectivity index (χ3v) is 2.96. The molecule has 0 aromatic heterocycles. The normalized spacial score (nSPS) is 29.1. The summed E-state index contributed by atoms with van der Waals surface area (Å²) in [6, 6.07) is 0. The van der Waals surface area contributed by atoms with Gasteiger partial charge in [-0.15, -0.1) is 0 Å². The number of rotatable bonds is 5. The molecule has 0 aromatic carbocycles. The van der Waals surface area contributed by atoms with Gasteiger partial charge in [-0.3, -0.25) is 4.79 Å². The predicted octanol–water partition coefficient (Wildman–Crippen LogP) is 1.88. The van der Waals surface area contributed by atoms with E-state index in [9.17, 15) is 4.79 Å². The Morgan fingerprint density at radius 2 is 2.25 bits per heavy atom. The molecule has 0 aromatic rings. The molecule has 0 bridgehead atoms. The van der Waals surface area contributed by atoms with E-state index < -0.39 is 0 Å². The number of carbonyl (C=O) groups excluding carboxylic acids is 1. The maximum atomic E-state index is 11.3. The minimum atomic E-state index is -0.378. The van der Waals surface area contributed by atoms with Crippen molar-refractivity contribution in [3.8, 4) is 0 Å². The zero-order valence-electron chi connectivity index (χ0n) is 9.52. The van der Waals surface area contributed by atoms with Crippen molar-refractivity contribution in [2.45, 2.75) is 25.7 Å². The van der Waals surface area contributed by atoms with E-state index in [1.807, 2.05) is 12.2 Å². The van der Waals surface area contributed by atoms with Crippen molar-refractivity contribution in [1.29, 1.82) is 0 Å². The van der Waals surface area contributed by atoms with Gasteiger partial charge in [-0.2, -0.15) is 0 Å². The first-order chi connectivity index (χ1) is 7.71. The van der Waals surface area contributed by atoms with Gasteiger partial charge in [0.1, 0.15) is 0 Å². The lowest BCUT2D eigenvalue weighted by Gasteiger charge is -2.30. The SMILES string of the molecule is CCOC(=O)C[C@H]1C=C[C@@H](CBr)O[C@@H]1OC. The Kier molecular flexibility index (Phi) is 6.01. The highest BCUT2D eigenvalue weighted by molar-refractivity contribution is 9.09. The second-order valence-electron chi connectivity index (χ2n) is 3.49. The van der Waals surface area contributed by atoms with E-state index in [1.165, 1.54) is 0 Å². The Hall–Kier alpha value is -0.390. The number of ether oxygens (including phenoxy) is 3. The van der Waals surface area contributed by atoms with Gasteiger partial charge in [0, 0.05) is 18.4 Å². The van der Waals surface area contributed by atoms with Crippen LogP contribution < -0.4 is 0 Å². The van der Waals surface area contributed by atoms with Crippen LogP contribution in [0.4, 0.5) is 0 Å². The van der Waals surface area contributed by atoms with Gasteiger partial charge in [-0.1, -0.05) is 28.1 Å².